The number of nitrogens with zero attached hydrogens (tertiary/aromatic N) is 1. The van der Waals surface area contributed by atoms with Gasteiger partial charge in [-0.25, -0.2) is 4.79 Å². The number of carboxylic acid groups (broad SMARTS) is 2. The number of aliphatic carboxylic acids is 2. The Kier molecular flexibility index (Phi) is 11.8. The first-order valence-electron chi connectivity index (χ1n) is 11.3. The summed E-state index contributed by atoms with van der Waals surface area (Å²) >= 11 is 0. The highest BCUT2D eigenvalue weighted by Crippen LogP contribution is 2.21. The first kappa shape index (κ1) is 28.3. The maximum atomic E-state index is 13.2. The molecule has 0 radical (unpaired) electrons. The van der Waals surface area contributed by atoms with Crippen LogP contribution < -0.4 is 22.1 Å². The highest BCUT2D eigenvalue weighted by molar-refractivity contribution is 5.94. The minimum absolute atomic E-state index is 0.0738. The third kappa shape index (κ3) is 8.97. The van der Waals surface area contributed by atoms with Crippen molar-refractivity contribution in [3.63, 3.8) is 0 Å². The second-order valence-corrected chi connectivity index (χ2v) is 8.64. The minimum atomic E-state index is -1.15. The van der Waals surface area contributed by atoms with Gasteiger partial charge in [0.25, 0.3) is 0 Å². The molecular weight excluding hydrogens is 434 g/mol. The van der Waals surface area contributed by atoms with Crippen LogP contribution in [0, 0.1) is 5.92 Å². The first-order chi connectivity index (χ1) is 15.5. The number of carbonyl (C=O) groups excluding carboxylic acids is 3. The number of unbranched alkanes of at least 4 members (excludes halogenated alkanes) is 1. The van der Waals surface area contributed by atoms with Crippen molar-refractivity contribution in [2.75, 3.05) is 13.1 Å². The van der Waals surface area contributed by atoms with Crippen LogP contribution in [-0.2, 0) is 24.0 Å². The van der Waals surface area contributed by atoms with E-state index in [9.17, 15) is 29.1 Å². The molecule has 12 heteroatoms. The number of nitrogens with one attached hydrogen (secondary N) is 2. The fourth-order valence-corrected chi connectivity index (χ4v) is 3.68. The molecule has 3 amide bonds. The molecule has 1 aliphatic rings. The molecule has 1 saturated heterocycles. The summed E-state index contributed by atoms with van der Waals surface area (Å²) in [7, 11) is 0. The number of carbonyl (C=O) groups is 5. The monoisotopic (exact) mass is 471 g/mol. The number of nitrogens with two attached hydrogens (primary N) is 2. The lowest BCUT2D eigenvalue weighted by molar-refractivity contribution is -0.145. The van der Waals surface area contributed by atoms with Crippen molar-refractivity contribution < 1.29 is 34.2 Å². The maximum absolute atomic E-state index is 13.2. The summed E-state index contributed by atoms with van der Waals surface area (Å²) in [5.74, 6) is -4.21. The smallest absolute Gasteiger partial charge is 0.326 e. The van der Waals surface area contributed by atoms with Crippen LogP contribution in [0.25, 0.3) is 0 Å². The Bertz CT molecular complexity index is 715. The van der Waals surface area contributed by atoms with E-state index >= 15 is 0 Å². The van der Waals surface area contributed by atoms with E-state index in [0.717, 1.165) is 0 Å². The molecule has 1 heterocycles. The molecule has 4 atom stereocenters. The molecule has 1 aliphatic heterocycles. The van der Waals surface area contributed by atoms with Gasteiger partial charge in [-0.2, -0.15) is 0 Å². The third-order valence-electron chi connectivity index (χ3n) is 5.64. The van der Waals surface area contributed by atoms with Gasteiger partial charge >= 0.3 is 11.9 Å². The summed E-state index contributed by atoms with van der Waals surface area (Å²) in [6.07, 6.45) is 2.00. The Morgan fingerprint density at radius 1 is 1.06 bits per heavy atom. The minimum Gasteiger partial charge on any atom is -0.481 e. The summed E-state index contributed by atoms with van der Waals surface area (Å²) in [6.45, 7) is 4.18. The maximum Gasteiger partial charge on any atom is 0.326 e. The molecule has 0 aromatic rings. The van der Waals surface area contributed by atoms with Crippen molar-refractivity contribution in [3.05, 3.63) is 0 Å². The van der Waals surface area contributed by atoms with Crippen LogP contribution in [0.3, 0.4) is 0 Å². The predicted octanol–water partition coefficient (Wildman–Crippen LogP) is -0.991. The van der Waals surface area contributed by atoms with E-state index in [4.69, 9.17) is 16.6 Å². The fraction of sp³-hybridized carbons (Fsp3) is 0.762. The van der Waals surface area contributed by atoms with Crippen molar-refractivity contribution in [1.29, 1.82) is 0 Å². The highest BCUT2D eigenvalue weighted by Gasteiger charge is 2.39. The van der Waals surface area contributed by atoms with E-state index in [1.165, 1.54) is 4.90 Å². The summed E-state index contributed by atoms with van der Waals surface area (Å²) in [5, 5.41) is 23.3. The molecule has 0 bridgehead atoms. The average molecular weight is 472 g/mol. The van der Waals surface area contributed by atoms with Crippen molar-refractivity contribution in [3.8, 4) is 0 Å². The van der Waals surface area contributed by atoms with Gasteiger partial charge in [-0.1, -0.05) is 13.8 Å². The van der Waals surface area contributed by atoms with Crippen LogP contribution >= 0.6 is 0 Å². The largest absolute Gasteiger partial charge is 0.481 e. The summed E-state index contributed by atoms with van der Waals surface area (Å²) < 4.78 is 0. The van der Waals surface area contributed by atoms with Crippen LogP contribution in [0.4, 0.5) is 0 Å². The zero-order valence-corrected chi connectivity index (χ0v) is 19.3. The molecule has 0 aromatic carbocycles. The number of hydrogen-bond acceptors (Lipinski definition) is 7. The van der Waals surface area contributed by atoms with Crippen LogP contribution in [-0.4, -0.2) is 82.0 Å². The zero-order chi connectivity index (χ0) is 25.1. The van der Waals surface area contributed by atoms with E-state index in [1.807, 2.05) is 0 Å². The lowest BCUT2D eigenvalue weighted by Crippen LogP contribution is -2.58. The van der Waals surface area contributed by atoms with Gasteiger partial charge in [0.15, 0.2) is 0 Å². The van der Waals surface area contributed by atoms with E-state index in [2.05, 4.69) is 10.6 Å². The molecule has 0 saturated carbocycles. The SMILES string of the molecule is CC(C)C(NC(=O)C(N)CCC(=O)O)C(=O)N1CCCC1C(=O)NC(CCCCN)C(=O)O. The van der Waals surface area contributed by atoms with Gasteiger partial charge in [-0.15, -0.1) is 0 Å². The molecule has 0 spiro atoms. The summed E-state index contributed by atoms with van der Waals surface area (Å²) in [4.78, 5) is 62.0. The second kappa shape index (κ2) is 13.7. The zero-order valence-electron chi connectivity index (χ0n) is 19.3. The van der Waals surface area contributed by atoms with E-state index in [-0.39, 0.29) is 25.2 Å². The van der Waals surface area contributed by atoms with Crippen LogP contribution in [0.15, 0.2) is 0 Å². The van der Waals surface area contributed by atoms with Crippen molar-refractivity contribution in [2.24, 2.45) is 17.4 Å². The second-order valence-electron chi connectivity index (χ2n) is 8.64. The van der Waals surface area contributed by atoms with Gasteiger partial charge in [0, 0.05) is 13.0 Å². The van der Waals surface area contributed by atoms with Gasteiger partial charge in [0.1, 0.15) is 18.1 Å². The number of amides is 3. The molecular formula is C21H37N5O7. The fourth-order valence-electron chi connectivity index (χ4n) is 3.68. The van der Waals surface area contributed by atoms with Gasteiger partial charge in [-0.3, -0.25) is 19.2 Å². The van der Waals surface area contributed by atoms with Gasteiger partial charge in [-0.05, 0) is 51.0 Å². The number of rotatable bonds is 14. The molecule has 12 nitrogen and oxygen atoms in total. The lowest BCUT2D eigenvalue weighted by atomic mass is 10.0. The van der Waals surface area contributed by atoms with E-state index in [0.29, 0.717) is 38.8 Å². The molecule has 0 aliphatic carbocycles. The Balaban J connectivity index is 2.85. The molecule has 33 heavy (non-hydrogen) atoms. The van der Waals surface area contributed by atoms with Gasteiger partial charge < -0.3 is 37.2 Å². The van der Waals surface area contributed by atoms with E-state index in [1.54, 1.807) is 13.8 Å². The standard InChI is InChI=1S/C21H37N5O7/c1-12(2)17(25-18(29)13(23)8-9-16(27)28)20(31)26-11-5-7-15(26)19(30)24-14(21(32)33)6-3-4-10-22/h12-15,17H,3-11,22-23H2,1-2H3,(H,24,30)(H,25,29)(H,27,28)(H,32,33). The molecule has 0 aromatic heterocycles. The number of likely N-dealkylation sites (tertiary alicyclic amines) is 1. The Morgan fingerprint density at radius 2 is 1.73 bits per heavy atom. The Morgan fingerprint density at radius 3 is 2.27 bits per heavy atom. The lowest BCUT2D eigenvalue weighted by Gasteiger charge is -2.31. The summed E-state index contributed by atoms with van der Waals surface area (Å²) in [6, 6.07) is -3.96. The van der Waals surface area contributed by atoms with E-state index < -0.39 is 53.8 Å². The van der Waals surface area contributed by atoms with Gasteiger partial charge in [0.2, 0.25) is 17.7 Å². The van der Waals surface area contributed by atoms with Crippen LogP contribution in [0.1, 0.15) is 58.8 Å². The predicted molar refractivity (Wildman–Crippen MR) is 119 cm³/mol. The van der Waals surface area contributed by atoms with Crippen LogP contribution in [0.5, 0.6) is 0 Å². The molecule has 1 fully saturated rings. The number of hydrogen-bond donors (Lipinski definition) is 6. The van der Waals surface area contributed by atoms with Crippen molar-refractivity contribution >= 4 is 29.7 Å². The molecule has 188 valence electrons. The van der Waals surface area contributed by atoms with Crippen LogP contribution in [0.2, 0.25) is 0 Å². The van der Waals surface area contributed by atoms with Crippen molar-refractivity contribution in [2.45, 2.75) is 83.0 Å². The summed E-state index contributed by atoms with van der Waals surface area (Å²) in [5.41, 5.74) is 11.2. The molecule has 8 N–H and O–H groups in total. The quantitative estimate of drug-likeness (QED) is 0.172. The Hall–Kier alpha value is -2.73. The highest BCUT2D eigenvalue weighted by atomic mass is 16.4. The average Bonchev–Trinajstić information content (AvgIpc) is 3.24. The first-order valence-corrected chi connectivity index (χ1v) is 11.3. The molecule has 1 rings (SSSR count). The van der Waals surface area contributed by atoms with Crippen molar-refractivity contribution in [1.82, 2.24) is 15.5 Å². The topological polar surface area (TPSA) is 205 Å². The number of carboxylic acids is 2. The normalized spacial score (nSPS) is 18.5. The Labute approximate surface area is 193 Å². The van der Waals surface area contributed by atoms with Gasteiger partial charge in [0.05, 0.1) is 6.04 Å². The third-order valence-corrected chi connectivity index (χ3v) is 5.64. The molecule has 4 unspecified atom stereocenters.